The van der Waals surface area contributed by atoms with Crippen molar-refractivity contribution in [3.63, 3.8) is 0 Å². The van der Waals surface area contributed by atoms with Crippen LogP contribution in [0.25, 0.3) is 0 Å². The van der Waals surface area contributed by atoms with Gasteiger partial charge in [0.2, 0.25) is 10.0 Å². The van der Waals surface area contributed by atoms with Crippen molar-refractivity contribution in [1.82, 2.24) is 4.31 Å². The van der Waals surface area contributed by atoms with Gasteiger partial charge in [0, 0.05) is 18.1 Å². The van der Waals surface area contributed by atoms with Crippen LogP contribution < -0.4 is 0 Å². The van der Waals surface area contributed by atoms with Gasteiger partial charge < -0.3 is 0 Å². The van der Waals surface area contributed by atoms with E-state index in [0.29, 0.717) is 22.0 Å². The van der Waals surface area contributed by atoms with E-state index in [1.807, 2.05) is 6.92 Å². The van der Waals surface area contributed by atoms with Crippen LogP contribution in [-0.2, 0) is 10.0 Å². The summed E-state index contributed by atoms with van der Waals surface area (Å²) in [7, 11) is -3.41. The molecule has 0 atom stereocenters. The van der Waals surface area contributed by atoms with Crippen molar-refractivity contribution >= 4 is 21.6 Å². The van der Waals surface area contributed by atoms with E-state index in [9.17, 15) is 8.42 Å². The molecule has 5 heteroatoms. The molecule has 0 saturated carbocycles. The van der Waals surface area contributed by atoms with Crippen LogP contribution in [0, 0.1) is 20.4 Å². The van der Waals surface area contributed by atoms with Crippen LogP contribution in [0.4, 0.5) is 0 Å². The van der Waals surface area contributed by atoms with Crippen molar-refractivity contribution < 1.29 is 8.42 Å². The number of sulfonamides is 1. The molecule has 1 aromatic carbocycles. The van der Waals surface area contributed by atoms with Crippen molar-refractivity contribution in [2.24, 2.45) is 0 Å². The minimum Gasteiger partial charge on any atom is -0.207 e. The van der Waals surface area contributed by atoms with Crippen molar-refractivity contribution in [2.45, 2.75) is 38.0 Å². The van der Waals surface area contributed by atoms with Gasteiger partial charge in [-0.05, 0) is 49.9 Å². The van der Waals surface area contributed by atoms with Crippen molar-refractivity contribution in [1.29, 1.82) is 0 Å². The van der Waals surface area contributed by atoms with E-state index >= 15 is 0 Å². The Kier molecular flexibility index (Phi) is 3.99. The Labute approximate surface area is 114 Å². The molecule has 1 aliphatic heterocycles. The third-order valence-corrected chi connectivity index (χ3v) is 5.56. The Morgan fingerprint density at radius 3 is 2.50 bits per heavy atom. The van der Waals surface area contributed by atoms with E-state index in [0.717, 1.165) is 24.8 Å². The van der Waals surface area contributed by atoms with Crippen molar-refractivity contribution in [2.75, 3.05) is 6.54 Å². The number of piperidine rings is 1. The third kappa shape index (κ3) is 2.56. The van der Waals surface area contributed by atoms with Gasteiger partial charge in [-0.3, -0.25) is 0 Å². The Hall–Kier alpha value is -0.580. The summed E-state index contributed by atoms with van der Waals surface area (Å²) in [5, 5.41) is 0.606. The summed E-state index contributed by atoms with van der Waals surface area (Å²) in [6.45, 7) is 5.95. The average Bonchev–Trinajstić information content (AvgIpc) is 2.34. The van der Waals surface area contributed by atoms with Gasteiger partial charge in [0.25, 0.3) is 0 Å². The molecule has 0 aromatic heterocycles. The average molecular weight is 287 g/mol. The van der Waals surface area contributed by atoms with E-state index in [1.54, 1.807) is 25.6 Å². The van der Waals surface area contributed by atoms with Gasteiger partial charge >= 0.3 is 0 Å². The molecule has 1 heterocycles. The van der Waals surface area contributed by atoms with Crippen LogP contribution in [0.15, 0.2) is 17.0 Å². The van der Waals surface area contributed by atoms with Gasteiger partial charge in [0.1, 0.15) is 0 Å². The van der Waals surface area contributed by atoms with E-state index in [-0.39, 0.29) is 0 Å². The Balaban J connectivity index is 2.43. The third-order valence-electron chi connectivity index (χ3n) is 3.21. The number of nitrogens with zero attached hydrogens (tertiary/aromatic N) is 1. The van der Waals surface area contributed by atoms with E-state index in [1.165, 1.54) is 4.31 Å². The second-order valence-electron chi connectivity index (χ2n) is 4.66. The Morgan fingerprint density at radius 1 is 1.17 bits per heavy atom. The van der Waals surface area contributed by atoms with E-state index < -0.39 is 10.0 Å². The number of aryl methyl sites for hydroxylation is 2. The zero-order chi connectivity index (χ0) is 13.3. The predicted octanol–water partition coefficient (Wildman–Crippen LogP) is 3.29. The SMILES string of the molecule is Cc1cc(S(=O)(=O)N2[CH]CCCC2)c(C)cc1Cl. The summed E-state index contributed by atoms with van der Waals surface area (Å²) in [5.41, 5.74) is 1.49. The zero-order valence-corrected chi connectivity index (χ0v) is 12.2. The lowest BCUT2D eigenvalue weighted by Crippen LogP contribution is -2.32. The maximum atomic E-state index is 12.5. The standard InChI is InChI=1S/C13H17ClNO2S/c1-10-9-13(11(2)8-12(10)14)18(16,17)15-6-4-3-5-7-15/h6,8-9H,3-5,7H2,1-2H3. The zero-order valence-electron chi connectivity index (χ0n) is 10.6. The van der Waals surface area contributed by atoms with Gasteiger partial charge in [-0.25, -0.2) is 8.42 Å². The summed E-state index contributed by atoms with van der Waals surface area (Å²) in [6.07, 6.45) is 2.80. The molecule has 1 fully saturated rings. The molecule has 2 rings (SSSR count). The van der Waals surface area contributed by atoms with Crippen LogP contribution in [0.2, 0.25) is 5.02 Å². The molecule has 0 unspecified atom stereocenters. The first-order valence-electron chi connectivity index (χ1n) is 6.05. The predicted molar refractivity (Wildman–Crippen MR) is 73.0 cm³/mol. The summed E-state index contributed by atoms with van der Waals surface area (Å²) in [6, 6.07) is 3.38. The topological polar surface area (TPSA) is 37.4 Å². The fraction of sp³-hybridized carbons (Fsp3) is 0.462. The van der Waals surface area contributed by atoms with Gasteiger partial charge in [0.15, 0.2) is 0 Å². The molecule has 18 heavy (non-hydrogen) atoms. The number of hydrogen-bond donors (Lipinski definition) is 0. The smallest absolute Gasteiger partial charge is 0.207 e. The maximum absolute atomic E-state index is 12.5. The number of hydrogen-bond acceptors (Lipinski definition) is 2. The first-order valence-corrected chi connectivity index (χ1v) is 7.86. The quantitative estimate of drug-likeness (QED) is 0.836. The largest absolute Gasteiger partial charge is 0.243 e. The normalized spacial score (nSPS) is 17.9. The van der Waals surface area contributed by atoms with Crippen LogP contribution >= 0.6 is 11.6 Å². The lowest BCUT2D eigenvalue weighted by molar-refractivity contribution is 0.400. The fourth-order valence-electron chi connectivity index (χ4n) is 2.12. The Bertz CT molecular complexity index is 548. The van der Waals surface area contributed by atoms with Gasteiger partial charge in [-0.2, -0.15) is 4.31 Å². The second kappa shape index (κ2) is 5.19. The molecule has 0 spiro atoms. The second-order valence-corrected chi connectivity index (χ2v) is 6.93. The molecular weight excluding hydrogens is 270 g/mol. The molecule has 0 aliphatic carbocycles. The molecule has 1 radical (unpaired) electrons. The summed E-state index contributed by atoms with van der Waals surface area (Å²) in [5.74, 6) is 0. The van der Waals surface area contributed by atoms with Crippen LogP contribution in [0.3, 0.4) is 0 Å². The lowest BCUT2D eigenvalue weighted by atomic mass is 10.2. The van der Waals surface area contributed by atoms with Crippen LogP contribution in [-0.4, -0.2) is 19.3 Å². The summed E-state index contributed by atoms with van der Waals surface area (Å²) < 4.78 is 26.5. The molecule has 0 bridgehead atoms. The first-order chi connectivity index (χ1) is 8.43. The molecule has 1 aliphatic rings. The van der Waals surface area contributed by atoms with Crippen LogP contribution in [0.1, 0.15) is 30.4 Å². The highest BCUT2D eigenvalue weighted by molar-refractivity contribution is 7.89. The summed E-state index contributed by atoms with van der Waals surface area (Å²) in [4.78, 5) is 0.363. The van der Waals surface area contributed by atoms with Gasteiger partial charge in [0.05, 0.1) is 4.90 Å². The molecule has 0 N–H and O–H groups in total. The minimum atomic E-state index is -3.41. The molecule has 1 saturated heterocycles. The van der Waals surface area contributed by atoms with Crippen molar-refractivity contribution in [3.05, 3.63) is 34.8 Å². The highest BCUT2D eigenvalue weighted by Gasteiger charge is 2.27. The monoisotopic (exact) mass is 286 g/mol. The fourth-order valence-corrected chi connectivity index (χ4v) is 4.05. The van der Waals surface area contributed by atoms with Crippen molar-refractivity contribution in [3.8, 4) is 0 Å². The molecule has 3 nitrogen and oxygen atoms in total. The summed E-state index contributed by atoms with van der Waals surface area (Å²) >= 11 is 6.01. The first kappa shape index (κ1) is 13.8. The molecule has 1 aromatic rings. The van der Waals surface area contributed by atoms with Crippen LogP contribution in [0.5, 0.6) is 0 Å². The highest BCUT2D eigenvalue weighted by atomic mass is 35.5. The molecule has 99 valence electrons. The lowest BCUT2D eigenvalue weighted by Gasteiger charge is -2.26. The minimum absolute atomic E-state index is 0.363. The molecule has 0 amide bonds. The van der Waals surface area contributed by atoms with Gasteiger partial charge in [-0.15, -0.1) is 0 Å². The maximum Gasteiger partial charge on any atom is 0.243 e. The Morgan fingerprint density at radius 2 is 1.89 bits per heavy atom. The number of halogens is 1. The molecular formula is C13H17ClNO2S. The number of benzene rings is 1. The number of rotatable bonds is 2. The van der Waals surface area contributed by atoms with E-state index in [2.05, 4.69) is 0 Å². The highest BCUT2D eigenvalue weighted by Crippen LogP contribution is 2.28. The van der Waals surface area contributed by atoms with E-state index in [4.69, 9.17) is 11.6 Å². The van der Waals surface area contributed by atoms with Gasteiger partial charge in [-0.1, -0.05) is 18.0 Å².